The molecule has 256 valence electrons. The zero-order valence-electron chi connectivity index (χ0n) is 28.8. The molecule has 0 atom stereocenters. The van der Waals surface area contributed by atoms with E-state index in [1.54, 1.807) is 29.9 Å². The molecule has 0 spiro atoms. The van der Waals surface area contributed by atoms with Crippen molar-refractivity contribution in [3.8, 4) is 17.1 Å². The molecular weight excluding hydrogens is 602 g/mol. The Morgan fingerprint density at radius 1 is 0.891 bits per heavy atom. The number of rotatable bonds is 22. The number of anilines is 1. The number of H-pyrrole nitrogens is 1. The number of amides is 1. The predicted molar refractivity (Wildman–Crippen MR) is 187 cm³/mol. The standard InChI is InChI=1S/C36H56ClN5O4/c1-6-7-8-9-10-11-12-13-14-15-16-17-18-19-20-25-46-31(44)24-23-30(43)38-27-21-22-28(29(26-27)45-5)34-39-35-32(37)33(36(2,3)4)40-42(35)41-34/h21-22,26,40H,6-20,23-25H2,1-5H3,(H,38,43). The molecule has 0 aliphatic carbocycles. The lowest BCUT2D eigenvalue weighted by molar-refractivity contribution is -0.144. The molecule has 3 aromatic rings. The van der Waals surface area contributed by atoms with Crippen molar-refractivity contribution < 1.29 is 19.1 Å². The van der Waals surface area contributed by atoms with Crippen LogP contribution in [0.15, 0.2) is 18.2 Å². The molecule has 0 bridgehead atoms. The van der Waals surface area contributed by atoms with Gasteiger partial charge in [-0.3, -0.25) is 14.7 Å². The number of nitrogens with zero attached hydrogens (tertiary/aromatic N) is 3. The number of methoxy groups -OCH3 is 1. The van der Waals surface area contributed by atoms with Gasteiger partial charge in [-0.25, -0.2) is 4.98 Å². The van der Waals surface area contributed by atoms with E-state index < -0.39 is 0 Å². The molecule has 10 heteroatoms. The number of ether oxygens (including phenoxy) is 2. The first kappa shape index (κ1) is 37.4. The molecule has 2 heterocycles. The van der Waals surface area contributed by atoms with Crippen molar-refractivity contribution in [3.05, 3.63) is 28.9 Å². The van der Waals surface area contributed by atoms with Gasteiger partial charge in [-0.05, 0) is 18.6 Å². The van der Waals surface area contributed by atoms with Crippen molar-refractivity contribution >= 4 is 34.8 Å². The summed E-state index contributed by atoms with van der Waals surface area (Å²) in [6, 6.07) is 5.25. The average molecular weight is 658 g/mol. The van der Waals surface area contributed by atoms with Crippen LogP contribution in [0.4, 0.5) is 5.69 Å². The van der Waals surface area contributed by atoms with Crippen LogP contribution >= 0.6 is 11.6 Å². The molecule has 0 aliphatic rings. The SMILES string of the molecule is CCCCCCCCCCCCCCCCCOC(=O)CCC(=O)Nc1ccc(-c2nc3c(Cl)c(C(C)(C)C)[nH]n3n2)c(OC)c1. The van der Waals surface area contributed by atoms with Gasteiger partial charge < -0.3 is 14.8 Å². The van der Waals surface area contributed by atoms with Crippen LogP contribution in [0, 0.1) is 0 Å². The molecule has 46 heavy (non-hydrogen) atoms. The molecule has 0 radical (unpaired) electrons. The van der Waals surface area contributed by atoms with Crippen LogP contribution in [0.25, 0.3) is 17.0 Å². The topological polar surface area (TPSA) is 111 Å². The van der Waals surface area contributed by atoms with Crippen LogP contribution in [-0.2, 0) is 19.7 Å². The molecule has 9 nitrogen and oxygen atoms in total. The summed E-state index contributed by atoms with van der Waals surface area (Å²) in [6.45, 7) is 8.87. The minimum Gasteiger partial charge on any atom is -0.496 e. The van der Waals surface area contributed by atoms with Gasteiger partial charge in [0.2, 0.25) is 5.91 Å². The van der Waals surface area contributed by atoms with E-state index in [4.69, 9.17) is 21.1 Å². The van der Waals surface area contributed by atoms with E-state index in [9.17, 15) is 9.59 Å². The summed E-state index contributed by atoms with van der Waals surface area (Å²) in [5, 5.41) is 11.1. The number of aromatic nitrogens is 4. The normalized spacial score (nSPS) is 11.7. The molecule has 0 fully saturated rings. The molecule has 2 N–H and O–H groups in total. The van der Waals surface area contributed by atoms with Crippen LogP contribution in [0.5, 0.6) is 5.75 Å². The molecule has 1 amide bonds. The summed E-state index contributed by atoms with van der Waals surface area (Å²) in [5.74, 6) is 0.332. The average Bonchev–Trinajstić information content (AvgIpc) is 3.58. The third-order valence-corrected chi connectivity index (χ3v) is 8.64. The summed E-state index contributed by atoms with van der Waals surface area (Å²) in [7, 11) is 1.55. The lowest BCUT2D eigenvalue weighted by Gasteiger charge is -2.16. The van der Waals surface area contributed by atoms with Crippen LogP contribution in [0.2, 0.25) is 5.02 Å². The lowest BCUT2D eigenvalue weighted by Crippen LogP contribution is -2.15. The van der Waals surface area contributed by atoms with E-state index in [0.29, 0.717) is 40.1 Å². The van der Waals surface area contributed by atoms with Crippen molar-refractivity contribution in [2.24, 2.45) is 0 Å². The fraction of sp³-hybridized carbons (Fsp3) is 0.667. The second kappa shape index (κ2) is 19.6. The fourth-order valence-electron chi connectivity index (χ4n) is 5.53. The Labute approximate surface area is 280 Å². The van der Waals surface area contributed by atoms with Crippen molar-refractivity contribution in [2.45, 2.75) is 142 Å². The lowest BCUT2D eigenvalue weighted by atomic mass is 9.92. The van der Waals surface area contributed by atoms with Crippen LogP contribution in [0.3, 0.4) is 0 Å². The Balaban J connectivity index is 1.27. The van der Waals surface area contributed by atoms with Gasteiger partial charge in [-0.2, -0.15) is 4.63 Å². The van der Waals surface area contributed by atoms with Gasteiger partial charge >= 0.3 is 5.97 Å². The number of carbonyl (C=O) groups excluding carboxylic acids is 2. The van der Waals surface area contributed by atoms with Gasteiger partial charge in [0.25, 0.3) is 0 Å². The molecular formula is C36H56ClN5O4. The van der Waals surface area contributed by atoms with Gasteiger partial charge in [-0.15, -0.1) is 5.10 Å². The Kier molecular flexibility index (Phi) is 15.9. The minimum absolute atomic E-state index is 0.0434. The van der Waals surface area contributed by atoms with E-state index in [-0.39, 0.29) is 30.1 Å². The summed E-state index contributed by atoms with van der Waals surface area (Å²) < 4.78 is 12.5. The first-order valence-electron chi connectivity index (χ1n) is 17.4. The van der Waals surface area contributed by atoms with E-state index >= 15 is 0 Å². The van der Waals surface area contributed by atoms with E-state index in [2.05, 4.69) is 48.2 Å². The monoisotopic (exact) mass is 657 g/mol. The Morgan fingerprint density at radius 3 is 2.02 bits per heavy atom. The number of unbranched alkanes of at least 4 members (excludes halogenated alkanes) is 14. The van der Waals surface area contributed by atoms with Crippen molar-refractivity contribution in [1.82, 2.24) is 19.8 Å². The summed E-state index contributed by atoms with van der Waals surface area (Å²) in [6.07, 6.45) is 19.5. The molecule has 0 saturated carbocycles. The molecule has 0 saturated heterocycles. The van der Waals surface area contributed by atoms with Gasteiger partial charge in [0, 0.05) is 23.6 Å². The summed E-state index contributed by atoms with van der Waals surface area (Å²) in [4.78, 5) is 29.3. The number of hydrogen-bond acceptors (Lipinski definition) is 6. The van der Waals surface area contributed by atoms with Crippen LogP contribution in [0.1, 0.15) is 143 Å². The summed E-state index contributed by atoms with van der Waals surface area (Å²) in [5.41, 5.74) is 2.42. The largest absolute Gasteiger partial charge is 0.496 e. The highest BCUT2D eigenvalue weighted by Gasteiger charge is 2.25. The first-order valence-corrected chi connectivity index (χ1v) is 17.8. The highest BCUT2D eigenvalue weighted by molar-refractivity contribution is 6.34. The quantitative estimate of drug-likeness (QED) is 0.0822. The highest BCUT2D eigenvalue weighted by Crippen LogP contribution is 2.34. The maximum Gasteiger partial charge on any atom is 0.306 e. The molecule has 0 unspecified atom stereocenters. The van der Waals surface area contributed by atoms with E-state index in [0.717, 1.165) is 18.5 Å². The highest BCUT2D eigenvalue weighted by atomic mass is 35.5. The third-order valence-electron chi connectivity index (χ3n) is 8.28. The third kappa shape index (κ3) is 12.3. The fourth-order valence-corrected chi connectivity index (χ4v) is 5.98. The summed E-state index contributed by atoms with van der Waals surface area (Å²) >= 11 is 6.57. The molecule has 2 aromatic heterocycles. The Bertz CT molecular complexity index is 1360. The van der Waals surface area contributed by atoms with Gasteiger partial charge in [-0.1, -0.05) is 129 Å². The molecule has 1 aromatic carbocycles. The zero-order valence-corrected chi connectivity index (χ0v) is 29.6. The van der Waals surface area contributed by atoms with Crippen LogP contribution in [-0.4, -0.2) is 45.4 Å². The van der Waals surface area contributed by atoms with Gasteiger partial charge in [0.1, 0.15) is 10.8 Å². The molecule has 0 aliphatic heterocycles. The second-order valence-electron chi connectivity index (χ2n) is 13.4. The van der Waals surface area contributed by atoms with Crippen molar-refractivity contribution in [1.29, 1.82) is 0 Å². The van der Waals surface area contributed by atoms with E-state index in [1.807, 2.05) is 0 Å². The van der Waals surface area contributed by atoms with Gasteiger partial charge in [0.05, 0.1) is 31.4 Å². The van der Waals surface area contributed by atoms with Crippen molar-refractivity contribution in [3.63, 3.8) is 0 Å². The maximum atomic E-state index is 12.5. The van der Waals surface area contributed by atoms with Gasteiger partial charge in [0.15, 0.2) is 11.5 Å². The predicted octanol–water partition coefficient (Wildman–Crippen LogP) is 9.82. The first-order chi connectivity index (χ1) is 22.1. The Morgan fingerprint density at radius 2 is 1.48 bits per heavy atom. The number of aromatic amines is 1. The zero-order chi connectivity index (χ0) is 33.4. The minimum atomic E-state index is -0.344. The number of fused-ring (bicyclic) bond motifs is 1. The number of benzene rings is 1. The number of hydrogen-bond donors (Lipinski definition) is 2. The van der Waals surface area contributed by atoms with E-state index in [1.165, 1.54) is 83.5 Å². The number of carbonyl (C=O) groups is 2. The van der Waals surface area contributed by atoms with Crippen LogP contribution < -0.4 is 10.1 Å². The Hall–Kier alpha value is -3.07. The van der Waals surface area contributed by atoms with Crippen molar-refractivity contribution in [2.75, 3.05) is 19.0 Å². The number of halogens is 1. The molecule has 3 rings (SSSR count). The number of nitrogens with one attached hydrogen (secondary N) is 2. The smallest absolute Gasteiger partial charge is 0.306 e. The second-order valence-corrected chi connectivity index (χ2v) is 13.7. The maximum absolute atomic E-state index is 12.5. The number of esters is 1.